The maximum Gasteiger partial charge on any atom is 0.323 e. The van der Waals surface area contributed by atoms with Gasteiger partial charge in [0.25, 0.3) is 0 Å². The molecule has 4 aromatic carbocycles. The highest BCUT2D eigenvalue weighted by Crippen LogP contribution is 2.28. The molecule has 2 heterocycles. The Morgan fingerprint density at radius 2 is 1.69 bits per heavy atom. The number of nitrogens with one attached hydrogen (secondary N) is 3. The number of benzene rings is 4. The Bertz CT molecular complexity index is 2110. The van der Waals surface area contributed by atoms with Crippen LogP contribution in [0.4, 0.5) is 16.2 Å². The molecule has 45 heavy (non-hydrogen) atoms. The fourth-order valence-corrected chi connectivity index (χ4v) is 5.41. The lowest BCUT2D eigenvalue weighted by atomic mass is 10.1. The fourth-order valence-electron chi connectivity index (χ4n) is 4.65. The number of H-pyrrole nitrogens is 1. The largest absolute Gasteiger partial charge is 0.494 e. The molecule has 0 aliphatic carbocycles. The van der Waals surface area contributed by atoms with E-state index in [1.54, 1.807) is 48.5 Å². The molecule has 0 atom stereocenters. The van der Waals surface area contributed by atoms with Gasteiger partial charge in [0.2, 0.25) is 5.88 Å². The number of urea groups is 1. The van der Waals surface area contributed by atoms with Crippen molar-refractivity contribution in [3.05, 3.63) is 122 Å². The summed E-state index contributed by atoms with van der Waals surface area (Å²) in [5, 5.41) is 24.4. The molecule has 6 aromatic rings. The number of nitrogens with zero attached hydrogens (tertiary/aromatic N) is 3. The highest BCUT2D eigenvalue weighted by molar-refractivity contribution is 7.09. The number of hydrogen-bond donors (Lipinski definition) is 4. The second kappa shape index (κ2) is 12.7. The number of anilines is 2. The van der Waals surface area contributed by atoms with Gasteiger partial charge in [-0.3, -0.25) is 9.78 Å². The minimum Gasteiger partial charge on any atom is -0.494 e. The lowest BCUT2D eigenvalue weighted by molar-refractivity contribution is 0.262. The zero-order valence-electron chi connectivity index (χ0n) is 23.9. The first kappa shape index (κ1) is 29.0. The van der Waals surface area contributed by atoms with Crippen LogP contribution in [0.15, 0.2) is 95.8 Å². The minimum absolute atomic E-state index is 0.0907. The van der Waals surface area contributed by atoms with Crippen molar-refractivity contribution >= 4 is 39.8 Å². The first-order valence-electron chi connectivity index (χ1n) is 13.8. The number of amides is 2. The van der Waals surface area contributed by atoms with Crippen LogP contribution < -0.4 is 25.0 Å². The maximum atomic E-state index is 12.5. The summed E-state index contributed by atoms with van der Waals surface area (Å²) in [6, 6.07) is 28.3. The van der Waals surface area contributed by atoms with Crippen molar-refractivity contribution in [2.45, 2.75) is 13.0 Å². The molecule has 0 aliphatic heterocycles. The lowest BCUT2D eigenvalue weighted by Crippen LogP contribution is -2.19. The third-order valence-electron chi connectivity index (χ3n) is 6.88. The van der Waals surface area contributed by atoms with Crippen LogP contribution in [-0.2, 0) is 20.1 Å². The van der Waals surface area contributed by atoms with Gasteiger partial charge in [0.15, 0.2) is 0 Å². The predicted octanol–water partition coefficient (Wildman–Crippen LogP) is 6.51. The van der Waals surface area contributed by atoms with E-state index in [-0.39, 0.29) is 17.4 Å². The van der Waals surface area contributed by atoms with Crippen LogP contribution in [-0.4, -0.2) is 25.7 Å². The van der Waals surface area contributed by atoms with E-state index in [1.165, 1.54) is 0 Å². The summed E-state index contributed by atoms with van der Waals surface area (Å²) in [5.41, 5.74) is 4.09. The van der Waals surface area contributed by atoms with Gasteiger partial charge in [-0.05, 0) is 60.2 Å². The number of imidazole rings is 1. The van der Waals surface area contributed by atoms with Gasteiger partial charge in [-0.25, -0.2) is 9.78 Å². The Kier molecular flexibility index (Phi) is 8.17. The van der Waals surface area contributed by atoms with E-state index < -0.39 is 6.03 Å². The van der Waals surface area contributed by atoms with E-state index in [0.717, 1.165) is 33.8 Å². The number of aryl methyl sites for hydroxylation is 1. The second-order valence-electron chi connectivity index (χ2n) is 10.0. The molecule has 0 radical (unpaired) electrons. The molecule has 0 fully saturated rings. The Balaban J connectivity index is 1.08. The Morgan fingerprint density at radius 1 is 0.978 bits per heavy atom. The number of hydrogen-bond acceptors (Lipinski definition) is 8. The number of nitriles is 1. The lowest BCUT2D eigenvalue weighted by Gasteiger charge is -2.10. The molecular weight excluding hydrogens is 592 g/mol. The molecule has 0 saturated carbocycles. The van der Waals surface area contributed by atoms with Crippen molar-refractivity contribution in [1.29, 1.82) is 5.26 Å². The number of aromatic amines is 1. The summed E-state index contributed by atoms with van der Waals surface area (Å²) in [4.78, 5) is 31.3. The summed E-state index contributed by atoms with van der Waals surface area (Å²) in [6.07, 6.45) is 0.444. The van der Waals surface area contributed by atoms with Crippen LogP contribution in [0, 0.1) is 11.3 Å². The number of thiazole rings is 1. The molecule has 0 saturated heterocycles. The number of rotatable bonds is 9. The van der Waals surface area contributed by atoms with Crippen LogP contribution in [0.25, 0.3) is 11.0 Å². The first-order valence-corrected chi connectivity index (χ1v) is 14.6. The Labute approximate surface area is 261 Å². The highest BCUT2D eigenvalue weighted by Gasteiger charge is 2.12. The average Bonchev–Trinajstić information content (AvgIpc) is 3.52. The van der Waals surface area contributed by atoms with Crippen molar-refractivity contribution in [3.8, 4) is 29.2 Å². The molecule has 2 aromatic heterocycles. The summed E-state index contributed by atoms with van der Waals surface area (Å²) < 4.78 is 14.0. The van der Waals surface area contributed by atoms with E-state index in [4.69, 9.17) is 19.7 Å². The summed E-state index contributed by atoms with van der Waals surface area (Å²) >= 11 is 0.992. The van der Waals surface area contributed by atoms with E-state index in [2.05, 4.69) is 15.6 Å². The third-order valence-corrected chi connectivity index (χ3v) is 7.75. The number of fused-ring (bicyclic) bond motifs is 1. The highest BCUT2D eigenvalue weighted by atomic mass is 32.1. The number of aromatic hydroxyl groups is 1. The van der Waals surface area contributed by atoms with E-state index in [1.807, 2.05) is 60.1 Å². The molecule has 11 nitrogen and oxygen atoms in total. The smallest absolute Gasteiger partial charge is 0.323 e. The summed E-state index contributed by atoms with van der Waals surface area (Å²) in [7, 11) is 1.91. The van der Waals surface area contributed by atoms with Gasteiger partial charge < -0.3 is 29.8 Å². The van der Waals surface area contributed by atoms with Gasteiger partial charge in [0.1, 0.15) is 29.7 Å². The maximum absolute atomic E-state index is 12.5. The number of carbonyl (C=O) groups is 1. The van der Waals surface area contributed by atoms with Crippen LogP contribution in [0.2, 0.25) is 0 Å². The average molecular weight is 619 g/mol. The monoisotopic (exact) mass is 618 g/mol. The molecule has 2 amide bonds. The number of aromatic nitrogens is 3. The molecule has 0 bridgehead atoms. The Hall–Kier alpha value is -6.06. The normalized spacial score (nSPS) is 10.8. The van der Waals surface area contributed by atoms with Crippen LogP contribution in [0.1, 0.15) is 21.8 Å². The van der Waals surface area contributed by atoms with E-state index in [0.29, 0.717) is 45.5 Å². The topological polar surface area (TPSA) is 154 Å². The minimum atomic E-state index is -0.444. The van der Waals surface area contributed by atoms with Crippen molar-refractivity contribution in [1.82, 2.24) is 14.5 Å². The summed E-state index contributed by atoms with van der Waals surface area (Å²) in [5.74, 6) is 2.44. The zero-order chi connectivity index (χ0) is 31.3. The second-order valence-corrected chi connectivity index (χ2v) is 11.1. The van der Waals surface area contributed by atoms with Crippen molar-refractivity contribution < 1.29 is 19.4 Å². The molecule has 0 aliphatic rings. The molecule has 0 spiro atoms. The number of ether oxygens (including phenoxy) is 2. The van der Waals surface area contributed by atoms with Crippen molar-refractivity contribution in [3.63, 3.8) is 0 Å². The van der Waals surface area contributed by atoms with Crippen LogP contribution in [0.5, 0.6) is 23.1 Å². The SMILES string of the molecule is Cn1c(COc2ccc(Cc3sc(=O)[nH]c3O)cc2)nc2ccc(Oc3cccc(NC(=O)Nc4cccc(C#N)c4)c3)cc21. The van der Waals surface area contributed by atoms with Crippen LogP contribution in [0.3, 0.4) is 0 Å². The van der Waals surface area contributed by atoms with Gasteiger partial charge in [0, 0.05) is 37.0 Å². The molecule has 12 heteroatoms. The molecular formula is C33H26N6O5S. The zero-order valence-corrected chi connectivity index (χ0v) is 24.7. The quantitative estimate of drug-likeness (QED) is 0.144. The molecule has 0 unspecified atom stereocenters. The molecule has 4 N–H and O–H groups in total. The first-order chi connectivity index (χ1) is 21.8. The van der Waals surface area contributed by atoms with Crippen LogP contribution >= 0.6 is 11.3 Å². The Morgan fingerprint density at radius 3 is 2.42 bits per heavy atom. The van der Waals surface area contributed by atoms with Gasteiger partial charge >= 0.3 is 10.9 Å². The van der Waals surface area contributed by atoms with Gasteiger partial charge in [0.05, 0.1) is 27.5 Å². The fraction of sp³-hybridized carbons (Fsp3) is 0.0909. The van der Waals surface area contributed by atoms with Crippen molar-refractivity contribution in [2.24, 2.45) is 7.05 Å². The van der Waals surface area contributed by atoms with E-state index in [9.17, 15) is 14.7 Å². The predicted molar refractivity (Wildman–Crippen MR) is 171 cm³/mol. The number of carbonyl (C=O) groups excluding carboxylic acids is 1. The van der Waals surface area contributed by atoms with Crippen molar-refractivity contribution in [2.75, 3.05) is 10.6 Å². The van der Waals surface area contributed by atoms with Gasteiger partial charge in [-0.2, -0.15) is 5.26 Å². The van der Waals surface area contributed by atoms with Gasteiger partial charge in [-0.1, -0.05) is 35.6 Å². The van der Waals surface area contributed by atoms with Gasteiger partial charge in [-0.15, -0.1) is 0 Å². The van der Waals surface area contributed by atoms with E-state index >= 15 is 0 Å². The summed E-state index contributed by atoms with van der Waals surface area (Å²) in [6.45, 7) is 0.248. The third kappa shape index (κ3) is 6.96. The molecule has 224 valence electrons. The molecule has 6 rings (SSSR count). The standard InChI is InChI=1S/C33H26N6O5S/c1-39-28-17-26(44-25-7-3-6-23(16-25)36-32(41)35-22-5-2-4-21(14-22)18-34)12-13-27(28)37-30(39)19-43-24-10-8-20(9-11-24)15-29-31(40)38-33(42)45-29/h2-14,16-17,40H,15,19H2,1H3,(H,38,42)(H2,35,36,41).